The molecule has 2 aromatic carbocycles. The number of para-hydroxylation sites is 1. The summed E-state index contributed by atoms with van der Waals surface area (Å²) in [4.78, 5) is 2.50. The summed E-state index contributed by atoms with van der Waals surface area (Å²) in [6.45, 7) is 5.69. The molecule has 0 bridgehead atoms. The number of benzene rings is 2. The summed E-state index contributed by atoms with van der Waals surface area (Å²) in [6, 6.07) is 18.2. The third-order valence-electron chi connectivity index (χ3n) is 5.87. The van der Waals surface area contributed by atoms with E-state index in [1.807, 2.05) is 12.1 Å². The predicted molar refractivity (Wildman–Crippen MR) is 106 cm³/mol. The van der Waals surface area contributed by atoms with Gasteiger partial charge in [0, 0.05) is 46.7 Å². The van der Waals surface area contributed by atoms with Crippen molar-refractivity contribution in [3.8, 4) is 0 Å². The highest BCUT2D eigenvalue weighted by molar-refractivity contribution is 6.30. The summed E-state index contributed by atoms with van der Waals surface area (Å²) >= 11 is 6.02. The third-order valence-corrected chi connectivity index (χ3v) is 6.12. The van der Waals surface area contributed by atoms with Gasteiger partial charge in [0.2, 0.25) is 0 Å². The fraction of sp³-hybridized carbons (Fsp3) is 0.364. The van der Waals surface area contributed by atoms with E-state index >= 15 is 0 Å². The number of likely N-dealkylation sites (N-methyl/N-ethyl adjacent to an activating group) is 1. The number of halogens is 1. The zero-order chi connectivity index (χ0) is 17.6. The topological polar surface area (TPSA) is 8.17 Å². The number of fused-ring (bicyclic) bond motifs is 3. The number of aryl methyl sites for hydroxylation is 2. The van der Waals surface area contributed by atoms with Crippen LogP contribution in [0.2, 0.25) is 5.02 Å². The minimum atomic E-state index is 0.459. The fourth-order valence-corrected chi connectivity index (χ4v) is 4.35. The number of nitrogens with zero attached hydrogens (tertiary/aromatic N) is 2. The van der Waals surface area contributed by atoms with Gasteiger partial charge in [0.25, 0.3) is 0 Å². The van der Waals surface area contributed by atoms with E-state index in [-0.39, 0.29) is 0 Å². The van der Waals surface area contributed by atoms with Crippen molar-refractivity contribution in [3.63, 3.8) is 0 Å². The van der Waals surface area contributed by atoms with Gasteiger partial charge in [-0.2, -0.15) is 0 Å². The Morgan fingerprint density at radius 1 is 1.04 bits per heavy atom. The van der Waals surface area contributed by atoms with Crippen molar-refractivity contribution in [1.82, 2.24) is 9.47 Å². The van der Waals surface area contributed by atoms with E-state index in [9.17, 15) is 0 Å². The van der Waals surface area contributed by atoms with Gasteiger partial charge in [-0.15, -0.1) is 0 Å². The summed E-state index contributed by atoms with van der Waals surface area (Å²) in [7, 11) is 2.25. The third kappa shape index (κ3) is 2.88. The van der Waals surface area contributed by atoms with Crippen LogP contribution < -0.4 is 0 Å². The lowest BCUT2D eigenvalue weighted by Crippen LogP contribution is -2.38. The van der Waals surface area contributed by atoms with Gasteiger partial charge in [0.05, 0.1) is 0 Å². The van der Waals surface area contributed by atoms with Crippen molar-refractivity contribution >= 4 is 22.5 Å². The van der Waals surface area contributed by atoms with Crippen LogP contribution >= 0.6 is 11.6 Å². The molecule has 1 aromatic heterocycles. The Labute approximate surface area is 155 Å². The van der Waals surface area contributed by atoms with Gasteiger partial charge in [-0.3, -0.25) is 4.90 Å². The molecule has 0 saturated carbocycles. The Morgan fingerprint density at radius 3 is 2.52 bits per heavy atom. The fourth-order valence-electron chi connectivity index (χ4n) is 4.23. The minimum absolute atomic E-state index is 0.459. The molecule has 1 aliphatic heterocycles. The first-order valence-corrected chi connectivity index (χ1v) is 9.50. The molecule has 0 N–H and O–H groups in total. The van der Waals surface area contributed by atoms with Crippen LogP contribution in [0, 0.1) is 0 Å². The van der Waals surface area contributed by atoms with E-state index in [4.69, 9.17) is 11.6 Å². The highest BCUT2D eigenvalue weighted by atomic mass is 35.5. The molecule has 0 amide bonds. The number of rotatable bonds is 3. The minimum Gasteiger partial charge on any atom is -0.344 e. The molecular weight excluding hydrogens is 328 g/mol. The average Bonchev–Trinajstić information content (AvgIpc) is 2.93. The highest BCUT2D eigenvalue weighted by Crippen LogP contribution is 2.39. The van der Waals surface area contributed by atoms with E-state index in [1.165, 1.54) is 27.7 Å². The molecular formula is C22H25ClN2. The van der Waals surface area contributed by atoms with Crippen LogP contribution in [0.25, 0.3) is 10.9 Å². The second-order valence-corrected chi connectivity index (χ2v) is 7.74. The summed E-state index contributed by atoms with van der Waals surface area (Å²) in [5, 5.41) is 2.22. The van der Waals surface area contributed by atoms with Gasteiger partial charge in [0.1, 0.15) is 0 Å². The van der Waals surface area contributed by atoms with Crippen molar-refractivity contribution in [2.45, 2.75) is 45.3 Å². The van der Waals surface area contributed by atoms with E-state index in [0.29, 0.717) is 12.1 Å². The van der Waals surface area contributed by atoms with Crippen molar-refractivity contribution in [1.29, 1.82) is 0 Å². The summed E-state index contributed by atoms with van der Waals surface area (Å²) < 4.78 is 2.55. The molecule has 2 unspecified atom stereocenters. The first-order chi connectivity index (χ1) is 12.1. The molecule has 0 fully saturated rings. The van der Waals surface area contributed by atoms with E-state index in [0.717, 1.165) is 24.4 Å². The zero-order valence-electron chi connectivity index (χ0n) is 15.2. The molecule has 2 heterocycles. The van der Waals surface area contributed by atoms with Crippen LogP contribution in [0.15, 0.2) is 48.5 Å². The predicted octanol–water partition coefficient (Wildman–Crippen LogP) is 5.47. The number of aromatic nitrogens is 1. The van der Waals surface area contributed by atoms with Crippen LogP contribution in [-0.2, 0) is 19.4 Å². The molecule has 3 aromatic rings. The largest absolute Gasteiger partial charge is 0.344 e. The maximum absolute atomic E-state index is 6.02. The van der Waals surface area contributed by atoms with Crippen LogP contribution in [0.4, 0.5) is 0 Å². The summed E-state index contributed by atoms with van der Waals surface area (Å²) in [5.74, 6) is 0. The van der Waals surface area contributed by atoms with Gasteiger partial charge in [0.15, 0.2) is 0 Å². The maximum atomic E-state index is 6.02. The van der Waals surface area contributed by atoms with Crippen molar-refractivity contribution in [2.75, 3.05) is 7.05 Å². The standard InChI is InChI=1S/C22H25ClN2/c1-15-14-21-22(16(2)24(15)3)19-6-4-5-7-20(19)25(21)13-12-17-8-10-18(23)11-9-17/h4-11,15-16H,12-14H2,1-3H3. The molecule has 0 radical (unpaired) electrons. The molecule has 1 aliphatic rings. The second-order valence-electron chi connectivity index (χ2n) is 7.30. The van der Waals surface area contributed by atoms with E-state index in [1.54, 1.807) is 0 Å². The smallest absolute Gasteiger partial charge is 0.0486 e. The SMILES string of the molecule is CC1Cc2c(c3ccccc3n2CCc2ccc(Cl)cc2)C(C)N1C. The molecule has 4 rings (SSSR count). The first-order valence-electron chi connectivity index (χ1n) is 9.12. The molecule has 130 valence electrons. The van der Waals surface area contributed by atoms with Crippen LogP contribution in [0.1, 0.15) is 36.7 Å². The Balaban J connectivity index is 1.76. The van der Waals surface area contributed by atoms with Gasteiger partial charge >= 0.3 is 0 Å². The van der Waals surface area contributed by atoms with Crippen molar-refractivity contribution < 1.29 is 0 Å². The van der Waals surface area contributed by atoms with Gasteiger partial charge < -0.3 is 4.57 Å². The zero-order valence-corrected chi connectivity index (χ0v) is 15.9. The van der Waals surface area contributed by atoms with Gasteiger partial charge in [-0.05, 0) is 56.6 Å². The summed E-state index contributed by atoms with van der Waals surface area (Å²) in [5.41, 5.74) is 5.75. The first kappa shape index (κ1) is 16.7. The quantitative estimate of drug-likeness (QED) is 0.606. The van der Waals surface area contributed by atoms with Crippen LogP contribution in [0.3, 0.4) is 0 Å². The Morgan fingerprint density at radius 2 is 1.76 bits per heavy atom. The van der Waals surface area contributed by atoms with Crippen LogP contribution in [0.5, 0.6) is 0 Å². The lowest BCUT2D eigenvalue weighted by atomic mass is 9.93. The molecule has 0 spiro atoms. The lowest BCUT2D eigenvalue weighted by Gasteiger charge is -2.36. The number of hydrogen-bond donors (Lipinski definition) is 0. The maximum Gasteiger partial charge on any atom is 0.0486 e. The molecule has 2 atom stereocenters. The van der Waals surface area contributed by atoms with Crippen molar-refractivity contribution in [3.05, 3.63) is 70.4 Å². The molecule has 2 nitrogen and oxygen atoms in total. The normalized spacial score (nSPS) is 20.8. The lowest BCUT2D eigenvalue weighted by molar-refractivity contribution is 0.177. The molecule has 25 heavy (non-hydrogen) atoms. The average molecular weight is 353 g/mol. The second kappa shape index (κ2) is 6.51. The molecule has 3 heteroatoms. The number of hydrogen-bond acceptors (Lipinski definition) is 1. The van der Waals surface area contributed by atoms with E-state index in [2.05, 4.69) is 66.8 Å². The Kier molecular flexibility index (Phi) is 4.35. The Hall–Kier alpha value is -1.77. The van der Waals surface area contributed by atoms with Gasteiger partial charge in [-0.1, -0.05) is 41.9 Å². The highest BCUT2D eigenvalue weighted by Gasteiger charge is 2.31. The van der Waals surface area contributed by atoms with E-state index < -0.39 is 0 Å². The van der Waals surface area contributed by atoms with Crippen molar-refractivity contribution in [2.24, 2.45) is 0 Å². The molecule has 0 saturated heterocycles. The molecule has 0 aliphatic carbocycles. The van der Waals surface area contributed by atoms with Crippen LogP contribution in [-0.4, -0.2) is 22.6 Å². The van der Waals surface area contributed by atoms with Gasteiger partial charge in [-0.25, -0.2) is 0 Å². The summed E-state index contributed by atoms with van der Waals surface area (Å²) in [6.07, 6.45) is 2.15. The monoisotopic (exact) mass is 352 g/mol. The Bertz CT molecular complexity index is 894.